The molecule has 0 aliphatic heterocycles. The summed E-state index contributed by atoms with van der Waals surface area (Å²) in [6.45, 7) is -0.217. The van der Waals surface area contributed by atoms with Crippen LogP contribution in [0.25, 0.3) is 16.6 Å². The number of oxazole rings is 1. The Morgan fingerprint density at radius 2 is 1.64 bits per heavy atom. The quantitative estimate of drug-likeness (QED) is 0.221. The van der Waals surface area contributed by atoms with Crippen molar-refractivity contribution in [1.29, 1.82) is 0 Å². The highest BCUT2D eigenvalue weighted by molar-refractivity contribution is 5.88. The van der Waals surface area contributed by atoms with Crippen molar-refractivity contribution in [3.63, 3.8) is 0 Å². The van der Waals surface area contributed by atoms with Crippen LogP contribution < -0.4 is 35.5 Å². The summed E-state index contributed by atoms with van der Waals surface area (Å²) in [6, 6.07) is 13.0. The summed E-state index contributed by atoms with van der Waals surface area (Å²) in [6.07, 6.45) is 4.00. The number of carbonyl (C=O) groups excluding carboxylic acids is 1. The number of aromatic nitrogens is 4. The van der Waals surface area contributed by atoms with E-state index in [1.165, 1.54) is 57.1 Å². The Labute approximate surface area is 263 Å². The SMILES string of the molecule is COc1cc2nccc(Oc3ccc(NC(=O)Oc4cn(Cc5ncco5)c(=O)n(-c5ccc(F)cc5)c4=O)cc3F)c2cc1OC. The van der Waals surface area contributed by atoms with Crippen molar-refractivity contribution in [3.8, 4) is 34.4 Å². The number of hydrogen-bond donors (Lipinski definition) is 1. The summed E-state index contributed by atoms with van der Waals surface area (Å²) < 4.78 is 57.4. The maximum atomic E-state index is 15.2. The second-order valence-electron chi connectivity index (χ2n) is 9.74. The maximum Gasteiger partial charge on any atom is 0.417 e. The summed E-state index contributed by atoms with van der Waals surface area (Å²) >= 11 is 0. The zero-order chi connectivity index (χ0) is 33.1. The average Bonchev–Trinajstić information content (AvgIpc) is 3.58. The molecule has 0 atom stereocenters. The van der Waals surface area contributed by atoms with Gasteiger partial charge in [0.1, 0.15) is 24.4 Å². The van der Waals surface area contributed by atoms with E-state index in [4.69, 9.17) is 23.4 Å². The molecule has 15 heteroatoms. The molecule has 0 radical (unpaired) electrons. The fraction of sp³-hybridized carbons (Fsp3) is 0.0938. The van der Waals surface area contributed by atoms with Gasteiger partial charge in [0.2, 0.25) is 11.6 Å². The smallest absolute Gasteiger partial charge is 0.417 e. The number of halogens is 2. The summed E-state index contributed by atoms with van der Waals surface area (Å²) in [5.74, 6) is -0.842. The summed E-state index contributed by atoms with van der Waals surface area (Å²) in [4.78, 5) is 47.6. The lowest BCUT2D eigenvalue weighted by Crippen LogP contribution is -2.40. The van der Waals surface area contributed by atoms with Crippen LogP contribution in [0.4, 0.5) is 19.3 Å². The predicted molar refractivity (Wildman–Crippen MR) is 163 cm³/mol. The normalized spacial score (nSPS) is 10.9. The largest absolute Gasteiger partial charge is 0.493 e. The van der Waals surface area contributed by atoms with Crippen LogP contribution in [0.3, 0.4) is 0 Å². The molecule has 238 valence electrons. The molecular formula is C32H23F2N5O8. The number of ether oxygens (including phenoxy) is 4. The van der Waals surface area contributed by atoms with Crippen molar-refractivity contribution < 1.29 is 36.9 Å². The number of amides is 1. The number of methoxy groups -OCH3 is 2. The van der Waals surface area contributed by atoms with Crippen LogP contribution in [0.5, 0.6) is 28.7 Å². The minimum Gasteiger partial charge on any atom is -0.493 e. The van der Waals surface area contributed by atoms with Crippen molar-refractivity contribution in [2.75, 3.05) is 19.5 Å². The van der Waals surface area contributed by atoms with E-state index in [1.807, 2.05) is 0 Å². The third kappa shape index (κ3) is 6.35. The molecule has 13 nitrogen and oxygen atoms in total. The van der Waals surface area contributed by atoms with Crippen LogP contribution in [0.1, 0.15) is 5.89 Å². The molecule has 0 unspecified atom stereocenters. The highest BCUT2D eigenvalue weighted by Crippen LogP contribution is 2.37. The van der Waals surface area contributed by atoms with Gasteiger partial charge in [-0.05, 0) is 48.5 Å². The van der Waals surface area contributed by atoms with E-state index in [0.29, 0.717) is 27.0 Å². The first-order chi connectivity index (χ1) is 22.7. The average molecular weight is 644 g/mol. The van der Waals surface area contributed by atoms with E-state index in [2.05, 4.69) is 15.3 Å². The molecule has 0 fully saturated rings. The molecule has 3 aromatic carbocycles. The fourth-order valence-corrected chi connectivity index (χ4v) is 4.61. The number of nitrogens with zero attached hydrogens (tertiary/aromatic N) is 4. The monoisotopic (exact) mass is 643 g/mol. The first kappa shape index (κ1) is 30.5. The Hall–Kier alpha value is -6.51. The fourth-order valence-electron chi connectivity index (χ4n) is 4.61. The van der Waals surface area contributed by atoms with Crippen molar-refractivity contribution in [2.24, 2.45) is 0 Å². The standard InChI is InChI=1S/C32H23F2N5O8/c1-43-26-14-21-23(15-27(26)44-2)35-10-9-24(21)46-25-8-5-19(13-22(25)34)37-31(41)47-28-16-38(17-29-36-11-12-45-29)32(42)39(30(28)40)20-6-3-18(33)4-7-20/h3-16H,17H2,1-2H3,(H,37,41). The Morgan fingerprint density at radius 3 is 2.34 bits per heavy atom. The Bertz CT molecular complexity index is 2220. The van der Waals surface area contributed by atoms with Crippen LogP contribution in [-0.2, 0) is 6.54 Å². The number of anilines is 1. The number of carbonyl (C=O) groups is 1. The van der Waals surface area contributed by atoms with Gasteiger partial charge in [0.05, 0.1) is 37.8 Å². The van der Waals surface area contributed by atoms with E-state index in [0.717, 1.165) is 29.0 Å². The van der Waals surface area contributed by atoms with Crippen LogP contribution >= 0.6 is 0 Å². The van der Waals surface area contributed by atoms with Gasteiger partial charge >= 0.3 is 17.3 Å². The van der Waals surface area contributed by atoms with Gasteiger partial charge in [-0.1, -0.05) is 0 Å². The van der Waals surface area contributed by atoms with Gasteiger partial charge in [-0.2, -0.15) is 0 Å². The molecular weight excluding hydrogens is 620 g/mol. The lowest BCUT2D eigenvalue weighted by molar-refractivity contribution is 0.213. The molecule has 0 bridgehead atoms. The molecule has 0 aliphatic rings. The second kappa shape index (κ2) is 12.8. The number of rotatable bonds is 9. The number of nitrogens with one attached hydrogen (secondary N) is 1. The molecule has 6 rings (SSSR count). The van der Waals surface area contributed by atoms with Crippen molar-refractivity contribution >= 4 is 22.7 Å². The van der Waals surface area contributed by atoms with Gasteiger partial charge in [0.25, 0.3) is 0 Å². The van der Waals surface area contributed by atoms with Crippen molar-refractivity contribution in [3.05, 3.63) is 124 Å². The third-order valence-electron chi connectivity index (χ3n) is 6.81. The molecule has 3 aromatic heterocycles. The first-order valence-corrected chi connectivity index (χ1v) is 13.7. The molecule has 0 spiro atoms. The second-order valence-corrected chi connectivity index (χ2v) is 9.74. The third-order valence-corrected chi connectivity index (χ3v) is 6.81. The Balaban J connectivity index is 1.24. The topological polar surface area (TPSA) is 149 Å². The number of pyridine rings is 1. The van der Waals surface area contributed by atoms with Crippen molar-refractivity contribution in [1.82, 2.24) is 19.1 Å². The zero-order valence-corrected chi connectivity index (χ0v) is 24.6. The summed E-state index contributed by atoms with van der Waals surface area (Å²) in [5, 5.41) is 2.87. The predicted octanol–water partition coefficient (Wildman–Crippen LogP) is 5.28. The van der Waals surface area contributed by atoms with E-state index < -0.39 is 34.7 Å². The lowest BCUT2D eigenvalue weighted by Gasteiger charge is -2.14. The molecule has 1 amide bonds. The van der Waals surface area contributed by atoms with E-state index in [1.54, 1.807) is 18.2 Å². The molecule has 1 N–H and O–H groups in total. The lowest BCUT2D eigenvalue weighted by atomic mass is 10.2. The zero-order valence-electron chi connectivity index (χ0n) is 24.6. The highest BCUT2D eigenvalue weighted by atomic mass is 19.1. The van der Waals surface area contributed by atoms with Gasteiger partial charge in [0, 0.05) is 29.4 Å². The minimum atomic E-state index is -1.16. The van der Waals surface area contributed by atoms with E-state index in [9.17, 15) is 18.8 Å². The van der Waals surface area contributed by atoms with Crippen LogP contribution in [-0.4, -0.2) is 39.4 Å². The van der Waals surface area contributed by atoms with E-state index in [-0.39, 0.29) is 35.3 Å². The van der Waals surface area contributed by atoms with Gasteiger partial charge in [0.15, 0.2) is 23.1 Å². The number of hydrogen-bond acceptors (Lipinski definition) is 10. The highest BCUT2D eigenvalue weighted by Gasteiger charge is 2.19. The summed E-state index contributed by atoms with van der Waals surface area (Å²) in [7, 11) is 2.97. The van der Waals surface area contributed by atoms with Crippen LogP contribution in [0.15, 0.2) is 99.5 Å². The molecule has 47 heavy (non-hydrogen) atoms. The minimum absolute atomic E-state index is 0.0191. The molecule has 0 aliphatic carbocycles. The molecule has 6 aromatic rings. The summed E-state index contributed by atoms with van der Waals surface area (Å²) in [5.41, 5.74) is -1.32. The van der Waals surface area contributed by atoms with Crippen LogP contribution in [0.2, 0.25) is 0 Å². The van der Waals surface area contributed by atoms with Crippen molar-refractivity contribution in [2.45, 2.75) is 6.54 Å². The van der Waals surface area contributed by atoms with Gasteiger partial charge in [-0.25, -0.2) is 27.9 Å². The number of benzene rings is 3. The Kier molecular flexibility index (Phi) is 8.34. The van der Waals surface area contributed by atoms with Gasteiger partial charge in [-0.3, -0.25) is 19.7 Å². The maximum absolute atomic E-state index is 15.2. The first-order valence-electron chi connectivity index (χ1n) is 13.7. The van der Waals surface area contributed by atoms with E-state index >= 15 is 4.39 Å². The molecule has 0 saturated heterocycles. The molecule has 0 saturated carbocycles. The molecule has 3 heterocycles. The van der Waals surface area contributed by atoms with Crippen LogP contribution in [0, 0.1) is 11.6 Å². The number of fused-ring (bicyclic) bond motifs is 1. The van der Waals surface area contributed by atoms with Gasteiger partial charge in [-0.15, -0.1) is 0 Å². The van der Waals surface area contributed by atoms with Gasteiger partial charge < -0.3 is 23.4 Å². The Morgan fingerprint density at radius 1 is 0.872 bits per heavy atom.